The Hall–Kier alpha value is -1.39. The highest BCUT2D eigenvalue weighted by Gasteiger charge is 2.15. The summed E-state index contributed by atoms with van der Waals surface area (Å²) < 4.78 is 1.68. The zero-order valence-electron chi connectivity index (χ0n) is 5.24. The summed E-state index contributed by atoms with van der Waals surface area (Å²) >= 11 is 0. The van der Waals surface area contributed by atoms with Gasteiger partial charge in [0.1, 0.15) is 0 Å². The van der Waals surface area contributed by atoms with Crippen LogP contribution in [0.1, 0.15) is 10.5 Å². The number of fused-ring (bicyclic) bond motifs is 1. The number of carbonyl (C=O) groups excluding carboxylic acids is 1. The fourth-order valence-corrected chi connectivity index (χ4v) is 1.02. The van der Waals surface area contributed by atoms with Gasteiger partial charge >= 0.3 is 0 Å². The van der Waals surface area contributed by atoms with Gasteiger partial charge in [-0.25, -0.2) is 4.68 Å². The van der Waals surface area contributed by atoms with E-state index in [0.717, 1.165) is 18.9 Å². The Balaban J connectivity index is 2.53. The summed E-state index contributed by atoms with van der Waals surface area (Å²) in [6.45, 7) is 1.64. The van der Waals surface area contributed by atoms with Crippen molar-refractivity contribution in [1.29, 1.82) is 0 Å². The maximum atomic E-state index is 10.3. The molecule has 1 N–H and O–H groups in total. The quantitative estimate of drug-likeness (QED) is 0.532. The zero-order chi connectivity index (χ0) is 6.97. The molecular formula is C5H6N4O. The molecule has 0 aromatic carbocycles. The molecule has 0 atom stereocenters. The van der Waals surface area contributed by atoms with Crippen LogP contribution in [0.4, 0.5) is 5.82 Å². The van der Waals surface area contributed by atoms with E-state index in [2.05, 4.69) is 15.6 Å². The normalized spacial score (nSPS) is 14.4. The third kappa shape index (κ3) is 0.541. The van der Waals surface area contributed by atoms with Gasteiger partial charge in [0.15, 0.2) is 17.8 Å². The third-order valence-corrected chi connectivity index (χ3v) is 1.49. The van der Waals surface area contributed by atoms with E-state index in [1.54, 1.807) is 4.68 Å². The van der Waals surface area contributed by atoms with E-state index >= 15 is 0 Å². The summed E-state index contributed by atoms with van der Waals surface area (Å²) in [5.74, 6) is 0.745. The van der Waals surface area contributed by atoms with Gasteiger partial charge in [-0.05, 0) is 0 Å². The first-order valence-electron chi connectivity index (χ1n) is 3.04. The fourth-order valence-electron chi connectivity index (χ4n) is 1.02. The van der Waals surface area contributed by atoms with Crippen LogP contribution in [-0.4, -0.2) is 27.8 Å². The average molecular weight is 138 g/mol. The first-order chi connectivity index (χ1) is 4.92. The molecule has 2 heterocycles. The van der Waals surface area contributed by atoms with Crippen molar-refractivity contribution in [2.24, 2.45) is 0 Å². The molecule has 10 heavy (non-hydrogen) atoms. The molecule has 5 heteroatoms. The monoisotopic (exact) mass is 138 g/mol. The van der Waals surface area contributed by atoms with Crippen LogP contribution < -0.4 is 5.32 Å². The minimum atomic E-state index is 0.400. The predicted octanol–water partition coefficient (Wildman–Crippen LogP) is -0.484. The molecule has 0 aliphatic carbocycles. The van der Waals surface area contributed by atoms with E-state index in [1.807, 2.05) is 0 Å². The number of rotatable bonds is 1. The largest absolute Gasteiger partial charge is 0.366 e. The predicted molar refractivity (Wildman–Crippen MR) is 33.9 cm³/mol. The lowest BCUT2D eigenvalue weighted by Crippen LogP contribution is -1.97. The Bertz CT molecular complexity index is 267. The summed E-state index contributed by atoms with van der Waals surface area (Å²) in [5, 5.41) is 10.4. The van der Waals surface area contributed by atoms with Crippen molar-refractivity contribution in [2.45, 2.75) is 6.54 Å². The van der Waals surface area contributed by atoms with E-state index in [4.69, 9.17) is 0 Å². The van der Waals surface area contributed by atoms with Crippen LogP contribution in [0.15, 0.2) is 0 Å². The number of nitrogens with zero attached hydrogens (tertiary/aromatic N) is 3. The maximum Gasteiger partial charge on any atom is 0.174 e. The lowest BCUT2D eigenvalue weighted by atomic mass is 10.5. The van der Waals surface area contributed by atoms with Crippen LogP contribution in [0.3, 0.4) is 0 Å². The molecule has 1 aliphatic rings. The molecule has 1 aliphatic heterocycles. The molecule has 1 aromatic rings. The second-order valence-electron chi connectivity index (χ2n) is 2.09. The van der Waals surface area contributed by atoms with Crippen molar-refractivity contribution in [1.82, 2.24) is 15.0 Å². The van der Waals surface area contributed by atoms with Crippen LogP contribution >= 0.6 is 0 Å². The molecule has 52 valence electrons. The van der Waals surface area contributed by atoms with Crippen LogP contribution in [0.2, 0.25) is 0 Å². The van der Waals surface area contributed by atoms with Gasteiger partial charge in [-0.1, -0.05) is 5.21 Å². The number of hydrogen-bond acceptors (Lipinski definition) is 4. The zero-order valence-corrected chi connectivity index (χ0v) is 5.24. The molecule has 0 saturated carbocycles. The van der Waals surface area contributed by atoms with Gasteiger partial charge in [-0.2, -0.15) is 0 Å². The van der Waals surface area contributed by atoms with Gasteiger partial charge in [0.05, 0.1) is 6.54 Å². The Kier molecular flexibility index (Phi) is 0.969. The second-order valence-corrected chi connectivity index (χ2v) is 2.09. The fraction of sp³-hybridized carbons (Fsp3) is 0.400. The Labute approximate surface area is 57.0 Å². The average Bonchev–Trinajstić information content (AvgIpc) is 2.44. The van der Waals surface area contributed by atoms with Crippen molar-refractivity contribution in [3.8, 4) is 0 Å². The molecule has 0 fully saturated rings. The summed E-state index contributed by atoms with van der Waals surface area (Å²) in [6.07, 6.45) is 0.706. The summed E-state index contributed by atoms with van der Waals surface area (Å²) in [4.78, 5) is 10.3. The molecule has 2 rings (SSSR count). The number of aldehydes is 1. The van der Waals surface area contributed by atoms with Gasteiger partial charge in [-0.3, -0.25) is 4.79 Å². The van der Waals surface area contributed by atoms with Gasteiger partial charge < -0.3 is 5.32 Å². The number of anilines is 1. The molecular weight excluding hydrogens is 132 g/mol. The summed E-state index contributed by atoms with van der Waals surface area (Å²) in [6, 6.07) is 0. The van der Waals surface area contributed by atoms with E-state index in [1.165, 1.54) is 0 Å². The van der Waals surface area contributed by atoms with E-state index in [9.17, 15) is 4.79 Å². The molecule has 0 unspecified atom stereocenters. The lowest BCUT2D eigenvalue weighted by molar-refractivity contribution is 0.111. The van der Waals surface area contributed by atoms with Crippen molar-refractivity contribution >= 4 is 12.1 Å². The van der Waals surface area contributed by atoms with Crippen molar-refractivity contribution in [2.75, 3.05) is 11.9 Å². The maximum absolute atomic E-state index is 10.3. The van der Waals surface area contributed by atoms with Crippen LogP contribution in [0.25, 0.3) is 0 Å². The van der Waals surface area contributed by atoms with Crippen LogP contribution in [0.5, 0.6) is 0 Å². The number of hydrogen-bond donors (Lipinski definition) is 1. The second kappa shape index (κ2) is 1.80. The topological polar surface area (TPSA) is 59.8 Å². The van der Waals surface area contributed by atoms with E-state index < -0.39 is 0 Å². The highest BCUT2D eigenvalue weighted by molar-refractivity contribution is 5.79. The van der Waals surface area contributed by atoms with E-state index in [0.29, 0.717) is 12.0 Å². The standard InChI is InChI=1S/C5H6N4O/c10-3-4-5-6-1-2-9(5)8-7-4/h3,6H,1-2H2. The van der Waals surface area contributed by atoms with Crippen molar-refractivity contribution < 1.29 is 4.79 Å². The first-order valence-corrected chi connectivity index (χ1v) is 3.04. The number of carbonyl (C=O) groups is 1. The Morgan fingerprint density at radius 1 is 1.70 bits per heavy atom. The molecule has 0 spiro atoms. The molecule has 0 radical (unpaired) electrons. The minimum absolute atomic E-state index is 0.400. The van der Waals surface area contributed by atoms with Gasteiger partial charge in [0.25, 0.3) is 0 Å². The molecule has 5 nitrogen and oxygen atoms in total. The molecule has 1 aromatic heterocycles. The Morgan fingerprint density at radius 2 is 2.60 bits per heavy atom. The smallest absolute Gasteiger partial charge is 0.174 e. The minimum Gasteiger partial charge on any atom is -0.366 e. The van der Waals surface area contributed by atoms with Crippen LogP contribution in [-0.2, 0) is 6.54 Å². The molecule has 0 bridgehead atoms. The van der Waals surface area contributed by atoms with Gasteiger partial charge in [0, 0.05) is 6.54 Å². The van der Waals surface area contributed by atoms with Crippen molar-refractivity contribution in [3.63, 3.8) is 0 Å². The van der Waals surface area contributed by atoms with E-state index in [-0.39, 0.29) is 0 Å². The Morgan fingerprint density at radius 3 is 3.40 bits per heavy atom. The SMILES string of the molecule is O=Cc1nnn2c1NCC2. The lowest BCUT2D eigenvalue weighted by Gasteiger charge is -1.88. The summed E-state index contributed by atoms with van der Waals surface area (Å²) in [7, 11) is 0. The first kappa shape index (κ1) is 5.40. The number of aromatic nitrogens is 3. The van der Waals surface area contributed by atoms with Crippen molar-refractivity contribution in [3.05, 3.63) is 5.69 Å². The number of nitrogens with one attached hydrogen (secondary N) is 1. The molecule has 0 saturated heterocycles. The highest BCUT2D eigenvalue weighted by Crippen LogP contribution is 2.13. The highest BCUT2D eigenvalue weighted by atomic mass is 16.1. The molecule has 0 amide bonds. The summed E-state index contributed by atoms with van der Waals surface area (Å²) in [5.41, 5.74) is 0.400. The third-order valence-electron chi connectivity index (χ3n) is 1.49. The van der Waals surface area contributed by atoms with Crippen LogP contribution in [0, 0.1) is 0 Å². The van der Waals surface area contributed by atoms with Gasteiger partial charge in [-0.15, -0.1) is 5.10 Å². The van der Waals surface area contributed by atoms with Gasteiger partial charge in [0.2, 0.25) is 0 Å².